The lowest BCUT2D eigenvalue weighted by atomic mass is 10.5. The van der Waals surface area contributed by atoms with Crippen molar-refractivity contribution >= 4 is 23.7 Å². The van der Waals surface area contributed by atoms with Gasteiger partial charge in [0, 0.05) is 0 Å². The Morgan fingerprint density at radius 1 is 1.29 bits per heavy atom. The third-order valence-corrected chi connectivity index (χ3v) is 1.31. The van der Waals surface area contributed by atoms with Crippen molar-refractivity contribution in [3.63, 3.8) is 0 Å². The summed E-state index contributed by atoms with van der Waals surface area (Å²) in [7, 11) is 0. The molecule has 14 heavy (non-hydrogen) atoms. The van der Waals surface area contributed by atoms with Crippen LogP contribution in [-0.2, 0) is 14.3 Å². The largest absolute Gasteiger partial charge is 0.464 e. The van der Waals surface area contributed by atoms with E-state index < -0.39 is 12.1 Å². The highest BCUT2D eigenvalue weighted by Gasteiger charge is 2.05. The number of hydrogen-bond acceptors (Lipinski definition) is 4. The fourth-order valence-corrected chi connectivity index (χ4v) is 0.671. The molecule has 0 fully saturated rings. The van der Waals surface area contributed by atoms with Crippen molar-refractivity contribution in [2.75, 3.05) is 25.6 Å². The van der Waals surface area contributed by atoms with Crippen LogP contribution in [0.3, 0.4) is 0 Å². The van der Waals surface area contributed by atoms with Crippen LogP contribution < -0.4 is 5.32 Å². The lowest BCUT2D eigenvalue weighted by molar-refractivity contribution is -0.142. The molecule has 0 aromatic heterocycles. The Morgan fingerprint density at radius 3 is 2.57 bits per heavy atom. The topological polar surface area (TPSA) is 64.6 Å². The smallest absolute Gasteiger partial charge is 0.407 e. The molecule has 0 saturated carbocycles. The molecule has 1 N–H and O–H groups in total. The molecule has 0 heterocycles. The van der Waals surface area contributed by atoms with Gasteiger partial charge in [-0.3, -0.25) is 4.79 Å². The van der Waals surface area contributed by atoms with Gasteiger partial charge in [-0.2, -0.15) is 0 Å². The van der Waals surface area contributed by atoms with E-state index in [2.05, 4.69) is 10.1 Å². The third kappa shape index (κ3) is 7.67. The first-order valence-corrected chi connectivity index (χ1v) is 4.86. The minimum absolute atomic E-state index is 0.122. The first-order chi connectivity index (χ1) is 6.70. The summed E-state index contributed by atoms with van der Waals surface area (Å²) in [6.45, 7) is 2.19. The van der Waals surface area contributed by atoms with E-state index in [-0.39, 0.29) is 19.0 Å². The molecule has 0 radical (unpaired) electrons. The molecule has 0 bridgehead atoms. The number of carbonyl (C=O) groups is 2. The van der Waals surface area contributed by atoms with Gasteiger partial charge in [-0.1, -0.05) is 6.92 Å². The predicted molar refractivity (Wildman–Crippen MR) is 51.3 cm³/mol. The normalized spacial score (nSPS) is 9.29. The molecular formula is C8H14ClNO4. The number of ether oxygens (including phenoxy) is 2. The zero-order valence-corrected chi connectivity index (χ0v) is 8.80. The number of nitrogens with one attached hydrogen (secondary N) is 1. The molecule has 0 saturated heterocycles. The van der Waals surface area contributed by atoms with E-state index in [4.69, 9.17) is 16.3 Å². The van der Waals surface area contributed by atoms with E-state index in [9.17, 15) is 9.59 Å². The highest BCUT2D eigenvalue weighted by molar-refractivity contribution is 6.18. The summed E-state index contributed by atoms with van der Waals surface area (Å²) in [6.07, 6.45) is 0.0849. The Kier molecular flexibility index (Phi) is 8.02. The summed E-state index contributed by atoms with van der Waals surface area (Å²) in [6, 6.07) is 0. The van der Waals surface area contributed by atoms with Crippen molar-refractivity contribution in [3.05, 3.63) is 0 Å². The monoisotopic (exact) mass is 223 g/mol. The van der Waals surface area contributed by atoms with Crippen LogP contribution in [0.25, 0.3) is 0 Å². The van der Waals surface area contributed by atoms with Gasteiger partial charge < -0.3 is 14.8 Å². The van der Waals surface area contributed by atoms with E-state index in [1.54, 1.807) is 0 Å². The van der Waals surface area contributed by atoms with Gasteiger partial charge in [0.25, 0.3) is 0 Å². The maximum Gasteiger partial charge on any atom is 0.407 e. The van der Waals surface area contributed by atoms with Crippen LogP contribution in [0.15, 0.2) is 0 Å². The van der Waals surface area contributed by atoms with E-state index in [0.29, 0.717) is 6.61 Å². The molecule has 0 spiro atoms. The minimum atomic E-state index is -0.668. The van der Waals surface area contributed by atoms with Crippen LogP contribution in [0.5, 0.6) is 0 Å². The molecule has 5 nitrogen and oxygen atoms in total. The zero-order valence-electron chi connectivity index (χ0n) is 8.05. The summed E-state index contributed by atoms with van der Waals surface area (Å²) < 4.78 is 9.27. The number of rotatable bonds is 6. The van der Waals surface area contributed by atoms with Crippen LogP contribution >= 0.6 is 11.6 Å². The van der Waals surface area contributed by atoms with Crippen molar-refractivity contribution in [1.29, 1.82) is 0 Å². The predicted octanol–water partition coefficient (Wildman–Crippen LogP) is 0.905. The molecule has 0 atom stereocenters. The van der Waals surface area contributed by atoms with Crippen molar-refractivity contribution in [3.8, 4) is 0 Å². The lowest BCUT2D eigenvalue weighted by Gasteiger charge is -2.05. The molecule has 82 valence electrons. The molecule has 0 aliphatic carbocycles. The van der Waals surface area contributed by atoms with Gasteiger partial charge in [-0.15, -0.1) is 11.6 Å². The summed E-state index contributed by atoms with van der Waals surface area (Å²) in [5.74, 6) is -0.247. The van der Waals surface area contributed by atoms with Crippen LogP contribution in [0.4, 0.5) is 4.79 Å². The van der Waals surface area contributed by atoms with Crippen molar-refractivity contribution < 1.29 is 19.1 Å². The number of alkyl carbamates (subject to hydrolysis) is 1. The van der Waals surface area contributed by atoms with E-state index in [1.807, 2.05) is 6.92 Å². The minimum Gasteiger partial charge on any atom is -0.464 e. The fourth-order valence-electron chi connectivity index (χ4n) is 0.594. The Balaban J connectivity index is 3.41. The SMILES string of the molecule is CCCOC(=O)CNC(=O)OCCCl. The van der Waals surface area contributed by atoms with Crippen LogP contribution in [-0.4, -0.2) is 37.7 Å². The van der Waals surface area contributed by atoms with Crippen LogP contribution in [0.1, 0.15) is 13.3 Å². The first-order valence-electron chi connectivity index (χ1n) is 4.33. The maximum atomic E-state index is 10.9. The Labute approximate surface area is 87.7 Å². The molecule has 0 aliphatic rings. The maximum absolute atomic E-state index is 10.9. The Bertz CT molecular complexity index is 166. The average molecular weight is 224 g/mol. The summed E-state index contributed by atoms with van der Waals surface area (Å²) in [5, 5.41) is 2.23. The first kappa shape index (κ1) is 13.0. The third-order valence-electron chi connectivity index (χ3n) is 1.15. The number of hydrogen-bond donors (Lipinski definition) is 1. The van der Waals surface area contributed by atoms with Crippen molar-refractivity contribution in [1.82, 2.24) is 5.32 Å². The number of alkyl halides is 1. The van der Waals surface area contributed by atoms with E-state index >= 15 is 0 Å². The highest BCUT2D eigenvalue weighted by atomic mass is 35.5. The molecule has 0 rings (SSSR count). The van der Waals surface area contributed by atoms with Crippen LogP contribution in [0.2, 0.25) is 0 Å². The Hall–Kier alpha value is -0.970. The summed E-state index contributed by atoms with van der Waals surface area (Å²) in [4.78, 5) is 21.6. The quantitative estimate of drug-likeness (QED) is 0.537. The fraction of sp³-hybridized carbons (Fsp3) is 0.750. The van der Waals surface area contributed by atoms with Crippen LogP contribution in [0, 0.1) is 0 Å². The van der Waals surface area contributed by atoms with Gasteiger partial charge in [-0.05, 0) is 6.42 Å². The summed E-state index contributed by atoms with van der Waals surface area (Å²) >= 11 is 5.28. The Morgan fingerprint density at radius 2 is 2.00 bits per heavy atom. The second-order valence-electron chi connectivity index (χ2n) is 2.40. The second kappa shape index (κ2) is 8.62. The number of carbonyl (C=O) groups excluding carboxylic acids is 2. The van der Waals surface area contributed by atoms with E-state index in [1.165, 1.54) is 0 Å². The molecule has 0 aromatic carbocycles. The van der Waals surface area contributed by atoms with Crippen molar-refractivity contribution in [2.45, 2.75) is 13.3 Å². The van der Waals surface area contributed by atoms with Crippen molar-refractivity contribution in [2.24, 2.45) is 0 Å². The van der Waals surface area contributed by atoms with Gasteiger partial charge in [0.1, 0.15) is 13.2 Å². The molecule has 0 aromatic rings. The van der Waals surface area contributed by atoms with Gasteiger partial charge >= 0.3 is 12.1 Å². The van der Waals surface area contributed by atoms with Gasteiger partial charge in [0.15, 0.2) is 0 Å². The van der Waals surface area contributed by atoms with Gasteiger partial charge in [0.05, 0.1) is 12.5 Å². The number of esters is 1. The molecule has 6 heteroatoms. The number of amides is 1. The molecule has 1 amide bonds. The molecule has 0 unspecified atom stereocenters. The molecular weight excluding hydrogens is 210 g/mol. The van der Waals surface area contributed by atoms with Gasteiger partial charge in [-0.25, -0.2) is 4.79 Å². The summed E-state index contributed by atoms with van der Waals surface area (Å²) in [5.41, 5.74) is 0. The zero-order chi connectivity index (χ0) is 10.8. The van der Waals surface area contributed by atoms with Gasteiger partial charge in [0.2, 0.25) is 0 Å². The number of halogens is 1. The standard InChI is InChI=1S/C8H14ClNO4/c1-2-4-13-7(11)6-10-8(12)14-5-3-9/h2-6H2,1H3,(H,10,12). The average Bonchev–Trinajstić information content (AvgIpc) is 2.20. The van der Waals surface area contributed by atoms with E-state index in [0.717, 1.165) is 6.42 Å². The second-order valence-corrected chi connectivity index (χ2v) is 2.78. The molecule has 0 aliphatic heterocycles. The highest BCUT2D eigenvalue weighted by Crippen LogP contribution is 1.83. The lowest BCUT2D eigenvalue weighted by Crippen LogP contribution is -2.31.